The molecule has 5 nitrogen and oxygen atoms in total. The second kappa shape index (κ2) is 9.20. The summed E-state index contributed by atoms with van der Waals surface area (Å²) in [6.07, 6.45) is 1.85. The molecule has 0 atom stereocenters. The molecule has 0 saturated carbocycles. The molecular formula is C15H24N2O3. The number of methoxy groups -OCH3 is 1. The van der Waals surface area contributed by atoms with Crippen molar-refractivity contribution in [1.29, 1.82) is 0 Å². The first-order chi connectivity index (χ1) is 9.67. The van der Waals surface area contributed by atoms with Crippen LogP contribution in [0.1, 0.15) is 25.3 Å². The molecule has 2 N–H and O–H groups in total. The van der Waals surface area contributed by atoms with E-state index in [1.165, 1.54) is 0 Å². The summed E-state index contributed by atoms with van der Waals surface area (Å²) in [7, 11) is 1.58. The van der Waals surface area contributed by atoms with Gasteiger partial charge in [-0.05, 0) is 44.4 Å². The van der Waals surface area contributed by atoms with Crippen LogP contribution in [0.15, 0.2) is 18.2 Å². The van der Waals surface area contributed by atoms with E-state index < -0.39 is 0 Å². The van der Waals surface area contributed by atoms with E-state index in [0.29, 0.717) is 18.0 Å². The smallest absolute Gasteiger partial charge is 0.319 e. The lowest BCUT2D eigenvalue weighted by molar-refractivity contribution is 0.143. The van der Waals surface area contributed by atoms with E-state index in [0.717, 1.165) is 31.6 Å². The molecule has 0 aromatic heterocycles. The highest BCUT2D eigenvalue weighted by Crippen LogP contribution is 2.24. The van der Waals surface area contributed by atoms with Gasteiger partial charge >= 0.3 is 6.03 Å². The molecule has 112 valence electrons. The molecule has 1 aromatic carbocycles. The van der Waals surface area contributed by atoms with Crippen LogP contribution < -0.4 is 15.4 Å². The van der Waals surface area contributed by atoms with Crippen molar-refractivity contribution in [2.75, 3.05) is 32.2 Å². The fourth-order valence-electron chi connectivity index (χ4n) is 1.76. The number of carbonyl (C=O) groups excluding carboxylic acids is 1. The molecule has 2 amide bonds. The van der Waals surface area contributed by atoms with Gasteiger partial charge in [-0.15, -0.1) is 0 Å². The number of ether oxygens (including phenoxy) is 2. The lowest BCUT2D eigenvalue weighted by atomic mass is 10.2. The van der Waals surface area contributed by atoms with Gasteiger partial charge in [-0.3, -0.25) is 0 Å². The summed E-state index contributed by atoms with van der Waals surface area (Å²) >= 11 is 0. The molecule has 0 aliphatic heterocycles. The van der Waals surface area contributed by atoms with Gasteiger partial charge in [0.05, 0.1) is 12.8 Å². The Balaban J connectivity index is 2.33. The van der Waals surface area contributed by atoms with Crippen molar-refractivity contribution in [3.05, 3.63) is 23.8 Å². The first kappa shape index (κ1) is 16.3. The van der Waals surface area contributed by atoms with E-state index in [2.05, 4.69) is 10.6 Å². The number of carbonyl (C=O) groups is 1. The summed E-state index contributed by atoms with van der Waals surface area (Å²) in [5.41, 5.74) is 1.75. The predicted molar refractivity (Wildman–Crippen MR) is 80.5 cm³/mol. The van der Waals surface area contributed by atoms with E-state index >= 15 is 0 Å². The van der Waals surface area contributed by atoms with Crippen molar-refractivity contribution >= 4 is 11.7 Å². The molecule has 0 heterocycles. The quantitative estimate of drug-likeness (QED) is 0.720. The Morgan fingerprint density at radius 2 is 2.10 bits per heavy atom. The van der Waals surface area contributed by atoms with Gasteiger partial charge < -0.3 is 20.1 Å². The van der Waals surface area contributed by atoms with Gasteiger partial charge in [0.15, 0.2) is 0 Å². The molecule has 0 aliphatic carbocycles. The van der Waals surface area contributed by atoms with Crippen molar-refractivity contribution in [2.24, 2.45) is 0 Å². The van der Waals surface area contributed by atoms with Gasteiger partial charge in [0.1, 0.15) is 5.75 Å². The Hall–Kier alpha value is -1.75. The number of hydrogen-bond donors (Lipinski definition) is 2. The third-order valence-electron chi connectivity index (χ3n) is 2.81. The molecule has 0 fully saturated rings. The molecule has 0 saturated heterocycles. The van der Waals surface area contributed by atoms with Crippen LogP contribution in [0.4, 0.5) is 10.5 Å². The summed E-state index contributed by atoms with van der Waals surface area (Å²) in [6.45, 7) is 6.05. The Bertz CT molecular complexity index is 422. The highest BCUT2D eigenvalue weighted by atomic mass is 16.5. The predicted octanol–water partition coefficient (Wildman–Crippen LogP) is 2.94. The molecule has 1 aromatic rings. The number of aryl methyl sites for hydroxylation is 1. The van der Waals surface area contributed by atoms with E-state index in [-0.39, 0.29) is 6.03 Å². The molecule has 0 spiro atoms. The standard InChI is InChI=1S/C15H24N2O3/c1-4-20-10-6-5-9-16-15(18)17-13-11-12(2)7-8-14(13)19-3/h7-8,11H,4-6,9-10H2,1-3H3,(H2,16,17,18). The first-order valence-corrected chi connectivity index (χ1v) is 6.94. The topological polar surface area (TPSA) is 59.6 Å². The van der Waals surface area contributed by atoms with Crippen LogP contribution in [-0.2, 0) is 4.74 Å². The third kappa shape index (κ3) is 5.93. The number of benzene rings is 1. The van der Waals surface area contributed by atoms with Crippen molar-refractivity contribution in [3.8, 4) is 5.75 Å². The second-order valence-electron chi connectivity index (χ2n) is 4.49. The van der Waals surface area contributed by atoms with Crippen LogP contribution in [0.2, 0.25) is 0 Å². The number of unbranched alkanes of at least 4 members (excludes halogenated alkanes) is 1. The number of nitrogens with one attached hydrogen (secondary N) is 2. The molecule has 0 unspecified atom stereocenters. The van der Waals surface area contributed by atoms with Gasteiger partial charge in [0, 0.05) is 19.8 Å². The number of anilines is 1. The fraction of sp³-hybridized carbons (Fsp3) is 0.533. The van der Waals surface area contributed by atoms with E-state index in [9.17, 15) is 4.79 Å². The Morgan fingerprint density at radius 1 is 1.30 bits per heavy atom. The van der Waals surface area contributed by atoms with Crippen LogP contribution in [0.25, 0.3) is 0 Å². The minimum atomic E-state index is -0.217. The number of hydrogen-bond acceptors (Lipinski definition) is 3. The Labute approximate surface area is 120 Å². The molecule has 0 bridgehead atoms. The Morgan fingerprint density at radius 3 is 2.80 bits per heavy atom. The molecule has 1 rings (SSSR count). The highest BCUT2D eigenvalue weighted by Gasteiger charge is 2.06. The van der Waals surface area contributed by atoms with Crippen molar-refractivity contribution in [1.82, 2.24) is 5.32 Å². The van der Waals surface area contributed by atoms with Gasteiger partial charge in [0.25, 0.3) is 0 Å². The minimum absolute atomic E-state index is 0.217. The normalized spacial score (nSPS) is 10.2. The maximum atomic E-state index is 11.8. The van der Waals surface area contributed by atoms with Crippen LogP contribution in [0.3, 0.4) is 0 Å². The van der Waals surface area contributed by atoms with Gasteiger partial charge in [-0.1, -0.05) is 6.07 Å². The SMILES string of the molecule is CCOCCCCNC(=O)Nc1cc(C)ccc1OC. The van der Waals surface area contributed by atoms with Crippen molar-refractivity contribution < 1.29 is 14.3 Å². The zero-order valence-electron chi connectivity index (χ0n) is 12.5. The first-order valence-electron chi connectivity index (χ1n) is 6.94. The lowest BCUT2D eigenvalue weighted by Crippen LogP contribution is -2.29. The van der Waals surface area contributed by atoms with E-state index in [1.807, 2.05) is 32.0 Å². The van der Waals surface area contributed by atoms with E-state index in [4.69, 9.17) is 9.47 Å². The summed E-state index contributed by atoms with van der Waals surface area (Å²) in [5, 5.41) is 5.62. The largest absolute Gasteiger partial charge is 0.495 e. The monoisotopic (exact) mass is 280 g/mol. The zero-order valence-corrected chi connectivity index (χ0v) is 12.5. The number of amides is 2. The van der Waals surface area contributed by atoms with Gasteiger partial charge in [-0.25, -0.2) is 4.79 Å². The van der Waals surface area contributed by atoms with Crippen molar-refractivity contribution in [2.45, 2.75) is 26.7 Å². The molecular weight excluding hydrogens is 256 g/mol. The third-order valence-corrected chi connectivity index (χ3v) is 2.81. The fourth-order valence-corrected chi connectivity index (χ4v) is 1.76. The maximum Gasteiger partial charge on any atom is 0.319 e. The molecule has 0 aliphatic rings. The molecule has 20 heavy (non-hydrogen) atoms. The van der Waals surface area contributed by atoms with Crippen LogP contribution >= 0.6 is 0 Å². The number of urea groups is 1. The van der Waals surface area contributed by atoms with Crippen LogP contribution in [0.5, 0.6) is 5.75 Å². The average Bonchev–Trinajstić information content (AvgIpc) is 2.43. The molecule has 5 heteroatoms. The summed E-state index contributed by atoms with van der Waals surface area (Å²) in [6, 6.07) is 5.45. The maximum absolute atomic E-state index is 11.8. The summed E-state index contributed by atoms with van der Waals surface area (Å²) < 4.78 is 10.4. The second-order valence-corrected chi connectivity index (χ2v) is 4.49. The summed E-state index contributed by atoms with van der Waals surface area (Å²) in [4.78, 5) is 11.8. The highest BCUT2D eigenvalue weighted by molar-refractivity contribution is 5.91. The summed E-state index contributed by atoms with van der Waals surface area (Å²) in [5.74, 6) is 0.655. The van der Waals surface area contributed by atoms with Crippen LogP contribution in [-0.4, -0.2) is 32.9 Å². The lowest BCUT2D eigenvalue weighted by Gasteiger charge is -2.12. The van der Waals surface area contributed by atoms with Gasteiger partial charge in [0.2, 0.25) is 0 Å². The van der Waals surface area contributed by atoms with E-state index in [1.54, 1.807) is 7.11 Å². The average molecular weight is 280 g/mol. The van der Waals surface area contributed by atoms with Crippen molar-refractivity contribution in [3.63, 3.8) is 0 Å². The van der Waals surface area contributed by atoms with Gasteiger partial charge in [-0.2, -0.15) is 0 Å². The van der Waals surface area contributed by atoms with Crippen LogP contribution in [0, 0.1) is 6.92 Å². The molecule has 0 radical (unpaired) electrons. The number of rotatable bonds is 8. The zero-order chi connectivity index (χ0) is 14.8. The minimum Gasteiger partial charge on any atom is -0.495 e. The Kier molecular flexibility index (Phi) is 7.50.